The number of aliphatic carboxylic acids is 1. The van der Waals surface area contributed by atoms with Crippen molar-refractivity contribution in [2.75, 3.05) is 12.3 Å². The van der Waals surface area contributed by atoms with Crippen molar-refractivity contribution in [3.8, 4) is 0 Å². The summed E-state index contributed by atoms with van der Waals surface area (Å²) in [4.78, 5) is 27.4. The standard InChI is InChI=1S/C8H12N4O5.C2H4O2/c9-7-10-2-12(8(16)11-7)6-5(15)4(14)3(1-13)17-6;1-2(3)4/h2-6,13-15H,1H2,(H2,9,11,16);1H3,(H,3,4)/t3-,4-,5-,6-;/m1./s1. The molecule has 0 unspecified atom stereocenters. The second-order valence-electron chi connectivity index (χ2n) is 4.15. The Kier molecular flexibility index (Phi) is 5.72. The highest BCUT2D eigenvalue weighted by Crippen LogP contribution is 2.27. The van der Waals surface area contributed by atoms with Gasteiger partial charge in [0.25, 0.3) is 5.97 Å². The minimum Gasteiger partial charge on any atom is -0.481 e. The summed E-state index contributed by atoms with van der Waals surface area (Å²) >= 11 is 0. The van der Waals surface area contributed by atoms with Crippen molar-refractivity contribution in [1.82, 2.24) is 14.5 Å². The van der Waals surface area contributed by atoms with E-state index < -0.39 is 42.8 Å². The van der Waals surface area contributed by atoms with Crippen LogP contribution in [0.15, 0.2) is 11.1 Å². The van der Waals surface area contributed by atoms with Crippen molar-refractivity contribution in [1.29, 1.82) is 0 Å². The van der Waals surface area contributed by atoms with Gasteiger partial charge in [-0.1, -0.05) is 0 Å². The molecule has 1 fully saturated rings. The van der Waals surface area contributed by atoms with E-state index in [-0.39, 0.29) is 5.95 Å². The lowest BCUT2D eigenvalue weighted by Crippen LogP contribution is -2.36. The molecule has 1 aromatic rings. The molecule has 0 saturated carbocycles. The topological polar surface area (TPSA) is 181 Å². The van der Waals surface area contributed by atoms with Crippen LogP contribution in [0.3, 0.4) is 0 Å². The number of nitrogens with zero attached hydrogens (tertiary/aromatic N) is 3. The largest absolute Gasteiger partial charge is 0.481 e. The SMILES string of the molecule is CC(=O)O.Nc1ncn([C@@H]2O[C@H](CO)[C@@H](O)[C@H]2O)c(=O)n1. The molecule has 0 amide bonds. The van der Waals surface area contributed by atoms with Crippen LogP contribution < -0.4 is 11.4 Å². The summed E-state index contributed by atoms with van der Waals surface area (Å²) in [5, 5.41) is 35.5. The molecule has 0 bridgehead atoms. The van der Waals surface area contributed by atoms with Gasteiger partial charge in [-0.05, 0) is 0 Å². The molecular formula is C10H16N4O7. The van der Waals surface area contributed by atoms with Crippen molar-refractivity contribution in [3.05, 3.63) is 16.8 Å². The first-order valence-electron chi connectivity index (χ1n) is 5.80. The Morgan fingerprint density at radius 3 is 2.48 bits per heavy atom. The summed E-state index contributed by atoms with van der Waals surface area (Å²) < 4.78 is 6.04. The summed E-state index contributed by atoms with van der Waals surface area (Å²) in [7, 11) is 0. The van der Waals surface area contributed by atoms with Gasteiger partial charge in [0.15, 0.2) is 6.23 Å². The molecule has 0 aliphatic carbocycles. The van der Waals surface area contributed by atoms with E-state index >= 15 is 0 Å². The van der Waals surface area contributed by atoms with E-state index in [9.17, 15) is 15.0 Å². The minimum atomic E-state index is -1.35. The van der Waals surface area contributed by atoms with Crippen molar-refractivity contribution in [2.45, 2.75) is 31.5 Å². The zero-order valence-corrected chi connectivity index (χ0v) is 11.0. The third-order valence-corrected chi connectivity index (χ3v) is 2.54. The fourth-order valence-corrected chi connectivity index (χ4v) is 1.64. The Hall–Kier alpha value is -2.08. The number of hydrogen-bond acceptors (Lipinski definition) is 9. The number of ether oxygens (including phenoxy) is 1. The molecule has 2 heterocycles. The Morgan fingerprint density at radius 2 is 2.05 bits per heavy atom. The molecule has 0 aromatic carbocycles. The van der Waals surface area contributed by atoms with Gasteiger partial charge in [0.05, 0.1) is 6.61 Å². The van der Waals surface area contributed by atoms with Gasteiger partial charge in [0.1, 0.15) is 24.6 Å². The van der Waals surface area contributed by atoms with Crippen LogP contribution in [0, 0.1) is 0 Å². The second kappa shape index (κ2) is 7.08. The zero-order valence-electron chi connectivity index (χ0n) is 11.0. The number of anilines is 1. The average Bonchev–Trinajstić information content (AvgIpc) is 2.66. The third-order valence-electron chi connectivity index (χ3n) is 2.54. The maximum Gasteiger partial charge on any atom is 0.354 e. The van der Waals surface area contributed by atoms with E-state index in [1.165, 1.54) is 0 Å². The van der Waals surface area contributed by atoms with Gasteiger partial charge in [0.2, 0.25) is 5.95 Å². The highest BCUT2D eigenvalue weighted by molar-refractivity contribution is 5.62. The van der Waals surface area contributed by atoms with Gasteiger partial charge in [-0.3, -0.25) is 9.36 Å². The van der Waals surface area contributed by atoms with Crippen LogP contribution in [0.4, 0.5) is 5.95 Å². The highest BCUT2D eigenvalue weighted by Gasteiger charge is 2.43. The molecule has 4 atom stereocenters. The zero-order chi connectivity index (χ0) is 16.2. The fourth-order valence-electron chi connectivity index (χ4n) is 1.64. The minimum absolute atomic E-state index is 0.196. The first kappa shape index (κ1) is 17.0. The lowest BCUT2D eigenvalue weighted by atomic mass is 10.1. The molecule has 118 valence electrons. The predicted octanol–water partition coefficient (Wildman–Crippen LogP) is -3.08. The van der Waals surface area contributed by atoms with Crippen molar-refractivity contribution in [2.24, 2.45) is 0 Å². The number of hydrogen-bond donors (Lipinski definition) is 5. The van der Waals surface area contributed by atoms with E-state index in [0.29, 0.717) is 0 Å². The molecule has 0 radical (unpaired) electrons. The van der Waals surface area contributed by atoms with Crippen LogP contribution in [0.5, 0.6) is 0 Å². The molecule has 6 N–H and O–H groups in total. The van der Waals surface area contributed by atoms with Gasteiger partial charge in [-0.15, -0.1) is 0 Å². The summed E-state index contributed by atoms with van der Waals surface area (Å²) in [6.45, 7) is 0.610. The van der Waals surface area contributed by atoms with Gasteiger partial charge in [-0.2, -0.15) is 4.98 Å². The fraction of sp³-hybridized carbons (Fsp3) is 0.600. The Balaban J connectivity index is 0.000000491. The smallest absolute Gasteiger partial charge is 0.354 e. The van der Waals surface area contributed by atoms with Gasteiger partial charge in [-0.25, -0.2) is 9.78 Å². The van der Waals surface area contributed by atoms with Crippen LogP contribution in [0.2, 0.25) is 0 Å². The summed E-state index contributed by atoms with van der Waals surface area (Å²) in [5.41, 5.74) is 4.46. The maximum atomic E-state index is 11.5. The summed E-state index contributed by atoms with van der Waals surface area (Å²) in [5.74, 6) is -1.03. The van der Waals surface area contributed by atoms with E-state index in [1.807, 2.05) is 0 Å². The molecule has 11 nitrogen and oxygen atoms in total. The van der Waals surface area contributed by atoms with Crippen molar-refractivity contribution < 1.29 is 30.0 Å². The number of carboxylic acid groups (broad SMARTS) is 1. The number of carbonyl (C=O) groups is 1. The van der Waals surface area contributed by atoms with Crippen LogP contribution in [0.25, 0.3) is 0 Å². The molecule has 2 rings (SSSR count). The maximum absolute atomic E-state index is 11.5. The van der Waals surface area contributed by atoms with Crippen molar-refractivity contribution >= 4 is 11.9 Å². The Morgan fingerprint density at radius 1 is 1.48 bits per heavy atom. The number of carboxylic acids is 1. The predicted molar refractivity (Wildman–Crippen MR) is 67.0 cm³/mol. The Labute approximate surface area is 118 Å². The molecule has 1 saturated heterocycles. The molecule has 1 aliphatic rings. The summed E-state index contributed by atoms with van der Waals surface area (Å²) in [6, 6.07) is 0. The molecule has 1 aliphatic heterocycles. The molecule has 0 spiro atoms. The van der Waals surface area contributed by atoms with Gasteiger partial charge < -0.3 is 30.9 Å². The normalized spacial score (nSPS) is 27.8. The number of rotatable bonds is 2. The first-order valence-corrected chi connectivity index (χ1v) is 5.80. The lowest BCUT2D eigenvalue weighted by molar-refractivity contribution is -0.134. The number of aliphatic hydroxyl groups is 3. The quantitative estimate of drug-likeness (QED) is 0.376. The van der Waals surface area contributed by atoms with E-state index in [4.69, 9.17) is 25.5 Å². The number of aromatic nitrogens is 3. The van der Waals surface area contributed by atoms with Gasteiger partial charge >= 0.3 is 5.69 Å². The second-order valence-corrected chi connectivity index (χ2v) is 4.15. The molecular weight excluding hydrogens is 288 g/mol. The third kappa shape index (κ3) is 4.19. The van der Waals surface area contributed by atoms with Crippen LogP contribution in [-0.2, 0) is 9.53 Å². The van der Waals surface area contributed by atoms with E-state index in [2.05, 4.69) is 9.97 Å². The number of aliphatic hydroxyl groups excluding tert-OH is 3. The molecule has 11 heteroatoms. The van der Waals surface area contributed by atoms with Crippen molar-refractivity contribution in [3.63, 3.8) is 0 Å². The van der Waals surface area contributed by atoms with E-state index in [0.717, 1.165) is 17.8 Å². The van der Waals surface area contributed by atoms with Crippen LogP contribution in [0.1, 0.15) is 13.2 Å². The molecule has 1 aromatic heterocycles. The number of nitrogens with two attached hydrogens (primary N) is 1. The average molecular weight is 304 g/mol. The summed E-state index contributed by atoms with van der Waals surface area (Å²) in [6.07, 6.45) is -3.67. The number of nitrogen functional groups attached to an aromatic ring is 1. The highest BCUT2D eigenvalue weighted by atomic mass is 16.6. The first-order chi connectivity index (χ1) is 9.77. The van der Waals surface area contributed by atoms with Crippen LogP contribution in [-0.4, -0.2) is 65.8 Å². The van der Waals surface area contributed by atoms with Crippen LogP contribution >= 0.6 is 0 Å². The Bertz CT molecular complexity index is 544. The van der Waals surface area contributed by atoms with E-state index in [1.54, 1.807) is 0 Å². The lowest BCUT2D eigenvalue weighted by Gasteiger charge is -2.16. The van der Waals surface area contributed by atoms with Gasteiger partial charge in [0, 0.05) is 6.92 Å². The monoisotopic (exact) mass is 304 g/mol. The molecule has 21 heavy (non-hydrogen) atoms.